The average Bonchev–Trinajstić information content (AvgIpc) is 3.06. The normalized spacial score (nSPS) is 17.4. The fourth-order valence-corrected chi connectivity index (χ4v) is 2.24. The molecule has 0 saturated heterocycles. The fourth-order valence-electron chi connectivity index (χ4n) is 2.24. The molecular formula is C14H25N3. The molecule has 1 unspecified atom stereocenters. The molecule has 1 aliphatic carbocycles. The lowest BCUT2D eigenvalue weighted by atomic mass is 10.1. The smallest absolute Gasteiger partial charge is 0.0796 e. The molecule has 0 bridgehead atoms. The van der Waals surface area contributed by atoms with E-state index in [4.69, 9.17) is 0 Å². The second kappa shape index (κ2) is 5.67. The van der Waals surface area contributed by atoms with Crippen molar-refractivity contribution in [3.05, 3.63) is 17.5 Å². The second-order valence-electron chi connectivity index (χ2n) is 5.36. The van der Waals surface area contributed by atoms with Crippen LogP contribution in [0.15, 0.2) is 6.07 Å². The Kier molecular flexibility index (Phi) is 4.21. The highest BCUT2D eigenvalue weighted by Crippen LogP contribution is 2.35. The fraction of sp³-hybridized carbons (Fsp3) is 0.786. The van der Waals surface area contributed by atoms with Gasteiger partial charge in [-0.15, -0.1) is 0 Å². The topological polar surface area (TPSA) is 29.9 Å². The number of hydrogen-bond acceptors (Lipinski definition) is 2. The zero-order chi connectivity index (χ0) is 12.3. The maximum Gasteiger partial charge on any atom is 0.0796 e. The molecule has 3 nitrogen and oxygen atoms in total. The van der Waals surface area contributed by atoms with Crippen molar-refractivity contribution in [2.24, 2.45) is 13.0 Å². The van der Waals surface area contributed by atoms with Gasteiger partial charge in [-0.1, -0.05) is 19.8 Å². The lowest BCUT2D eigenvalue weighted by Crippen LogP contribution is -2.22. The van der Waals surface area contributed by atoms with E-state index in [9.17, 15) is 0 Å². The van der Waals surface area contributed by atoms with Gasteiger partial charge in [0.2, 0.25) is 0 Å². The Morgan fingerprint density at radius 3 is 2.82 bits per heavy atom. The third kappa shape index (κ3) is 3.56. The van der Waals surface area contributed by atoms with Crippen LogP contribution in [0, 0.1) is 12.8 Å². The van der Waals surface area contributed by atoms with E-state index in [0.717, 1.165) is 12.5 Å². The van der Waals surface area contributed by atoms with Crippen molar-refractivity contribution in [3.63, 3.8) is 0 Å². The second-order valence-corrected chi connectivity index (χ2v) is 5.36. The zero-order valence-corrected chi connectivity index (χ0v) is 11.4. The molecular weight excluding hydrogens is 210 g/mol. The molecule has 0 radical (unpaired) electrons. The van der Waals surface area contributed by atoms with Crippen LogP contribution in [-0.4, -0.2) is 16.3 Å². The number of aromatic nitrogens is 2. The predicted octanol–water partition coefficient (Wildman–Crippen LogP) is 2.96. The third-order valence-corrected chi connectivity index (χ3v) is 3.69. The molecule has 1 heterocycles. The van der Waals surface area contributed by atoms with Crippen LogP contribution >= 0.6 is 0 Å². The summed E-state index contributed by atoms with van der Waals surface area (Å²) in [5.74, 6) is 1.01. The molecule has 1 saturated carbocycles. The van der Waals surface area contributed by atoms with Crippen LogP contribution in [0.1, 0.15) is 56.5 Å². The number of rotatable bonds is 7. The molecule has 1 aromatic rings. The van der Waals surface area contributed by atoms with Crippen molar-refractivity contribution in [2.45, 2.75) is 52.0 Å². The van der Waals surface area contributed by atoms with Gasteiger partial charge >= 0.3 is 0 Å². The molecule has 96 valence electrons. The summed E-state index contributed by atoms with van der Waals surface area (Å²) >= 11 is 0. The molecule has 2 rings (SSSR count). The molecule has 0 aliphatic heterocycles. The van der Waals surface area contributed by atoms with Crippen LogP contribution < -0.4 is 5.32 Å². The van der Waals surface area contributed by atoms with Crippen LogP contribution in [0.4, 0.5) is 0 Å². The molecule has 1 atom stereocenters. The van der Waals surface area contributed by atoms with Crippen LogP contribution in [0.2, 0.25) is 0 Å². The van der Waals surface area contributed by atoms with Crippen molar-refractivity contribution in [1.29, 1.82) is 0 Å². The maximum atomic E-state index is 4.62. The first-order valence-corrected chi connectivity index (χ1v) is 6.94. The summed E-state index contributed by atoms with van der Waals surface area (Å²) in [5.41, 5.74) is 2.47. The van der Waals surface area contributed by atoms with E-state index in [2.05, 4.69) is 30.3 Å². The Hall–Kier alpha value is -0.830. The van der Waals surface area contributed by atoms with Gasteiger partial charge in [-0.2, -0.15) is 5.10 Å². The Labute approximate surface area is 105 Å². The first-order valence-electron chi connectivity index (χ1n) is 6.94. The molecule has 1 aromatic heterocycles. The summed E-state index contributed by atoms with van der Waals surface area (Å²) in [4.78, 5) is 0. The van der Waals surface area contributed by atoms with Crippen molar-refractivity contribution in [2.75, 3.05) is 6.54 Å². The standard InChI is InChI=1S/C14H25N3/c1-4-9-15-13(8-7-12-5-6-12)14-10-11(2)17(3)16-14/h10,12-13,15H,4-9H2,1-3H3. The van der Waals surface area contributed by atoms with Gasteiger partial charge in [0, 0.05) is 12.7 Å². The first-order chi connectivity index (χ1) is 8.20. The summed E-state index contributed by atoms with van der Waals surface area (Å²) in [6.07, 6.45) is 6.67. The van der Waals surface area contributed by atoms with E-state index >= 15 is 0 Å². The van der Waals surface area contributed by atoms with Crippen LogP contribution in [0.5, 0.6) is 0 Å². The van der Waals surface area contributed by atoms with E-state index < -0.39 is 0 Å². The summed E-state index contributed by atoms with van der Waals surface area (Å²) in [5, 5.41) is 8.25. The Morgan fingerprint density at radius 2 is 2.29 bits per heavy atom. The average molecular weight is 235 g/mol. The third-order valence-electron chi connectivity index (χ3n) is 3.69. The Morgan fingerprint density at radius 1 is 1.53 bits per heavy atom. The lowest BCUT2D eigenvalue weighted by Gasteiger charge is -2.16. The SMILES string of the molecule is CCCNC(CCC1CC1)c1cc(C)n(C)n1. The van der Waals surface area contributed by atoms with E-state index in [1.807, 2.05) is 11.7 Å². The van der Waals surface area contributed by atoms with Crippen molar-refractivity contribution in [1.82, 2.24) is 15.1 Å². The van der Waals surface area contributed by atoms with Gasteiger partial charge in [0.1, 0.15) is 0 Å². The molecule has 1 aliphatic rings. The van der Waals surface area contributed by atoms with Crippen LogP contribution in [0.3, 0.4) is 0 Å². The lowest BCUT2D eigenvalue weighted by molar-refractivity contribution is 0.457. The Bertz CT molecular complexity index is 333. The highest BCUT2D eigenvalue weighted by molar-refractivity contribution is 5.12. The molecule has 0 amide bonds. The summed E-state index contributed by atoms with van der Waals surface area (Å²) < 4.78 is 1.98. The van der Waals surface area contributed by atoms with Crippen LogP contribution in [-0.2, 0) is 7.05 Å². The van der Waals surface area contributed by atoms with Gasteiger partial charge in [0.15, 0.2) is 0 Å². The zero-order valence-electron chi connectivity index (χ0n) is 11.4. The Balaban J connectivity index is 1.96. The highest BCUT2D eigenvalue weighted by Gasteiger charge is 2.23. The van der Waals surface area contributed by atoms with Gasteiger partial charge in [0.05, 0.1) is 11.7 Å². The summed E-state index contributed by atoms with van der Waals surface area (Å²) in [6, 6.07) is 2.68. The molecule has 3 heteroatoms. The molecule has 1 fully saturated rings. The van der Waals surface area contributed by atoms with Crippen molar-refractivity contribution < 1.29 is 0 Å². The van der Waals surface area contributed by atoms with Gasteiger partial charge in [-0.25, -0.2) is 0 Å². The number of aryl methyl sites for hydroxylation is 2. The van der Waals surface area contributed by atoms with E-state index in [1.165, 1.54) is 43.5 Å². The number of hydrogen-bond donors (Lipinski definition) is 1. The monoisotopic (exact) mass is 235 g/mol. The van der Waals surface area contributed by atoms with Crippen molar-refractivity contribution >= 4 is 0 Å². The van der Waals surface area contributed by atoms with Gasteiger partial charge in [-0.3, -0.25) is 4.68 Å². The minimum Gasteiger partial charge on any atom is -0.309 e. The van der Waals surface area contributed by atoms with E-state index in [0.29, 0.717) is 6.04 Å². The minimum atomic E-state index is 0.454. The van der Waals surface area contributed by atoms with E-state index in [1.54, 1.807) is 0 Å². The summed E-state index contributed by atoms with van der Waals surface area (Å²) in [7, 11) is 2.02. The molecule has 1 N–H and O–H groups in total. The molecule has 0 aromatic carbocycles. The largest absolute Gasteiger partial charge is 0.309 e. The van der Waals surface area contributed by atoms with Gasteiger partial charge in [-0.05, 0) is 44.7 Å². The van der Waals surface area contributed by atoms with Crippen molar-refractivity contribution in [3.8, 4) is 0 Å². The van der Waals surface area contributed by atoms with Gasteiger partial charge < -0.3 is 5.32 Å². The maximum absolute atomic E-state index is 4.62. The molecule has 17 heavy (non-hydrogen) atoms. The van der Waals surface area contributed by atoms with E-state index in [-0.39, 0.29) is 0 Å². The number of nitrogens with zero attached hydrogens (tertiary/aromatic N) is 2. The predicted molar refractivity (Wildman–Crippen MR) is 70.9 cm³/mol. The molecule has 0 spiro atoms. The van der Waals surface area contributed by atoms with Gasteiger partial charge in [0.25, 0.3) is 0 Å². The first kappa shape index (κ1) is 12.6. The minimum absolute atomic E-state index is 0.454. The van der Waals surface area contributed by atoms with Crippen LogP contribution in [0.25, 0.3) is 0 Å². The number of nitrogens with one attached hydrogen (secondary N) is 1. The quantitative estimate of drug-likeness (QED) is 0.787. The highest BCUT2D eigenvalue weighted by atomic mass is 15.3. The summed E-state index contributed by atoms with van der Waals surface area (Å²) in [6.45, 7) is 5.42.